The molecule has 1 aliphatic carbocycles. The fraction of sp³-hybridized carbons (Fsp3) is 0.667. The summed E-state index contributed by atoms with van der Waals surface area (Å²) >= 11 is 5.71. The minimum absolute atomic E-state index is 0.580. The van der Waals surface area contributed by atoms with Crippen molar-refractivity contribution < 1.29 is 0 Å². The first-order valence-electron chi connectivity index (χ1n) is 6.06. The summed E-state index contributed by atoms with van der Waals surface area (Å²) in [6.07, 6.45) is 11.5. The summed E-state index contributed by atoms with van der Waals surface area (Å²) in [5.41, 5.74) is 0. The number of hydrogen-bond donors (Lipinski definition) is 1. The van der Waals surface area contributed by atoms with Crippen molar-refractivity contribution in [1.29, 1.82) is 0 Å². The van der Waals surface area contributed by atoms with Crippen molar-refractivity contribution in [1.82, 2.24) is 9.97 Å². The van der Waals surface area contributed by atoms with Gasteiger partial charge in [0.25, 0.3) is 0 Å². The van der Waals surface area contributed by atoms with Crippen molar-refractivity contribution in [2.45, 2.75) is 38.5 Å². The molecular formula is C12H18ClN3. The highest BCUT2D eigenvalue weighted by molar-refractivity contribution is 6.30. The number of halogens is 1. The van der Waals surface area contributed by atoms with Gasteiger partial charge in [0.1, 0.15) is 0 Å². The van der Waals surface area contributed by atoms with Crippen LogP contribution in [0.15, 0.2) is 12.4 Å². The molecule has 0 spiro atoms. The van der Waals surface area contributed by atoms with Crippen LogP contribution in [-0.2, 0) is 0 Å². The van der Waals surface area contributed by atoms with E-state index in [1.54, 1.807) is 12.4 Å². The molecule has 4 heteroatoms. The molecule has 88 valence electrons. The summed E-state index contributed by atoms with van der Waals surface area (Å²) in [6.45, 7) is 0.956. The van der Waals surface area contributed by atoms with Crippen LogP contribution in [-0.4, -0.2) is 16.5 Å². The number of aromatic nitrogens is 2. The molecular weight excluding hydrogens is 222 g/mol. The normalized spacial score (nSPS) is 16.6. The Hall–Kier alpha value is -0.830. The molecule has 1 aromatic rings. The van der Waals surface area contributed by atoms with Crippen LogP contribution in [0.5, 0.6) is 0 Å². The largest absolute Gasteiger partial charge is 0.354 e. The molecule has 0 saturated heterocycles. The third-order valence-electron chi connectivity index (χ3n) is 3.17. The molecule has 0 bridgehead atoms. The highest BCUT2D eigenvalue weighted by atomic mass is 35.5. The average Bonchev–Trinajstić information content (AvgIpc) is 2.80. The summed E-state index contributed by atoms with van der Waals surface area (Å²) in [5.74, 6) is 1.64. The highest BCUT2D eigenvalue weighted by Crippen LogP contribution is 2.28. The monoisotopic (exact) mass is 239 g/mol. The van der Waals surface area contributed by atoms with Crippen LogP contribution in [0, 0.1) is 5.92 Å². The van der Waals surface area contributed by atoms with E-state index < -0.39 is 0 Å². The van der Waals surface area contributed by atoms with Crippen molar-refractivity contribution >= 4 is 17.5 Å². The fourth-order valence-corrected chi connectivity index (χ4v) is 2.39. The third-order valence-corrected chi connectivity index (χ3v) is 3.36. The molecule has 0 aromatic carbocycles. The minimum Gasteiger partial charge on any atom is -0.354 e. The van der Waals surface area contributed by atoms with E-state index in [1.165, 1.54) is 38.5 Å². The maximum atomic E-state index is 5.71. The molecule has 1 fully saturated rings. The van der Waals surface area contributed by atoms with Crippen LogP contribution in [0.4, 0.5) is 5.95 Å². The van der Waals surface area contributed by atoms with E-state index in [0.717, 1.165) is 12.5 Å². The maximum absolute atomic E-state index is 5.71. The number of rotatable bonds is 5. The van der Waals surface area contributed by atoms with E-state index in [1.807, 2.05) is 0 Å². The standard InChI is InChI=1S/C12H18ClN3/c13-11-8-15-12(16-9-11)14-7-3-6-10-4-1-2-5-10/h8-10H,1-7H2,(H,14,15,16). The molecule has 16 heavy (non-hydrogen) atoms. The average molecular weight is 240 g/mol. The number of anilines is 1. The van der Waals surface area contributed by atoms with Crippen LogP contribution in [0.1, 0.15) is 38.5 Å². The van der Waals surface area contributed by atoms with Gasteiger partial charge in [0, 0.05) is 6.54 Å². The van der Waals surface area contributed by atoms with Gasteiger partial charge >= 0.3 is 0 Å². The van der Waals surface area contributed by atoms with Crippen molar-refractivity contribution in [2.24, 2.45) is 5.92 Å². The van der Waals surface area contributed by atoms with Crippen molar-refractivity contribution in [3.63, 3.8) is 0 Å². The van der Waals surface area contributed by atoms with Gasteiger partial charge in [-0.2, -0.15) is 0 Å². The summed E-state index contributed by atoms with van der Waals surface area (Å²) in [5, 5.41) is 3.80. The first kappa shape index (κ1) is 11.6. The predicted molar refractivity (Wildman–Crippen MR) is 66.7 cm³/mol. The lowest BCUT2D eigenvalue weighted by molar-refractivity contribution is 0.491. The molecule has 1 N–H and O–H groups in total. The summed E-state index contributed by atoms with van der Waals surface area (Å²) < 4.78 is 0. The van der Waals surface area contributed by atoms with Gasteiger partial charge in [0.2, 0.25) is 5.95 Å². The Labute approximate surface area is 102 Å². The van der Waals surface area contributed by atoms with E-state index in [4.69, 9.17) is 11.6 Å². The molecule has 1 aliphatic rings. The molecule has 0 atom stereocenters. The molecule has 1 heterocycles. The lowest BCUT2D eigenvalue weighted by Gasteiger charge is -2.08. The second kappa shape index (κ2) is 6.04. The SMILES string of the molecule is Clc1cnc(NCCCC2CCCC2)nc1. The lowest BCUT2D eigenvalue weighted by Crippen LogP contribution is -2.06. The van der Waals surface area contributed by atoms with Gasteiger partial charge in [-0.05, 0) is 18.8 Å². The zero-order chi connectivity index (χ0) is 11.2. The molecule has 3 nitrogen and oxygen atoms in total. The number of hydrogen-bond acceptors (Lipinski definition) is 3. The van der Waals surface area contributed by atoms with Gasteiger partial charge in [-0.25, -0.2) is 9.97 Å². The second-order valence-electron chi connectivity index (χ2n) is 4.44. The fourth-order valence-electron chi connectivity index (χ4n) is 2.29. The highest BCUT2D eigenvalue weighted by Gasteiger charge is 2.13. The van der Waals surface area contributed by atoms with Crippen molar-refractivity contribution in [3.05, 3.63) is 17.4 Å². The molecule has 0 radical (unpaired) electrons. The molecule has 0 amide bonds. The van der Waals surface area contributed by atoms with Crippen LogP contribution >= 0.6 is 11.6 Å². The Kier molecular flexibility index (Phi) is 4.40. The number of nitrogens with one attached hydrogen (secondary N) is 1. The lowest BCUT2D eigenvalue weighted by atomic mass is 10.0. The molecule has 0 aliphatic heterocycles. The van der Waals surface area contributed by atoms with Gasteiger partial charge in [0.05, 0.1) is 17.4 Å². The van der Waals surface area contributed by atoms with Gasteiger partial charge in [-0.3, -0.25) is 0 Å². The van der Waals surface area contributed by atoms with Crippen LogP contribution in [0.25, 0.3) is 0 Å². The predicted octanol–water partition coefficient (Wildman–Crippen LogP) is 3.51. The molecule has 1 saturated carbocycles. The summed E-state index contributed by atoms with van der Waals surface area (Å²) in [7, 11) is 0. The van der Waals surface area contributed by atoms with E-state index >= 15 is 0 Å². The topological polar surface area (TPSA) is 37.8 Å². The Morgan fingerprint density at radius 3 is 2.62 bits per heavy atom. The Balaban J connectivity index is 1.62. The van der Waals surface area contributed by atoms with Gasteiger partial charge < -0.3 is 5.32 Å². The van der Waals surface area contributed by atoms with Crippen molar-refractivity contribution in [2.75, 3.05) is 11.9 Å². The Bertz CT molecular complexity index is 307. The third kappa shape index (κ3) is 3.63. The maximum Gasteiger partial charge on any atom is 0.222 e. The Morgan fingerprint density at radius 1 is 1.25 bits per heavy atom. The quantitative estimate of drug-likeness (QED) is 0.799. The first-order valence-corrected chi connectivity index (χ1v) is 6.44. The van der Waals surface area contributed by atoms with Crippen LogP contribution in [0.2, 0.25) is 5.02 Å². The molecule has 2 rings (SSSR count). The van der Waals surface area contributed by atoms with Crippen LogP contribution < -0.4 is 5.32 Å². The van der Waals surface area contributed by atoms with E-state index in [-0.39, 0.29) is 0 Å². The zero-order valence-electron chi connectivity index (χ0n) is 9.45. The van der Waals surface area contributed by atoms with E-state index in [2.05, 4.69) is 15.3 Å². The van der Waals surface area contributed by atoms with Gasteiger partial charge in [0.15, 0.2) is 0 Å². The number of nitrogens with zero attached hydrogens (tertiary/aromatic N) is 2. The van der Waals surface area contributed by atoms with Gasteiger partial charge in [-0.15, -0.1) is 0 Å². The second-order valence-corrected chi connectivity index (χ2v) is 4.88. The van der Waals surface area contributed by atoms with E-state index in [9.17, 15) is 0 Å². The van der Waals surface area contributed by atoms with E-state index in [0.29, 0.717) is 11.0 Å². The minimum atomic E-state index is 0.580. The van der Waals surface area contributed by atoms with Crippen molar-refractivity contribution in [3.8, 4) is 0 Å². The van der Waals surface area contributed by atoms with Crippen LogP contribution in [0.3, 0.4) is 0 Å². The zero-order valence-corrected chi connectivity index (χ0v) is 10.2. The first-order chi connectivity index (χ1) is 7.84. The molecule has 1 aromatic heterocycles. The van der Waals surface area contributed by atoms with Gasteiger partial charge in [-0.1, -0.05) is 37.3 Å². The summed E-state index contributed by atoms with van der Waals surface area (Å²) in [6, 6.07) is 0. The summed E-state index contributed by atoms with van der Waals surface area (Å²) in [4.78, 5) is 8.19. The Morgan fingerprint density at radius 2 is 1.94 bits per heavy atom. The molecule has 0 unspecified atom stereocenters. The smallest absolute Gasteiger partial charge is 0.222 e.